The van der Waals surface area contributed by atoms with Gasteiger partial charge in [-0.1, -0.05) is 11.6 Å². The standard InChI is InChI=1S/C21H19ClF6N4O4/c1-19(12-8-29-11-30-9-12,18(34)31-15-6-7-35-10-20(15,24)25)32(17(33)16(22)23)13-2-4-14(5-3-13)36-21(26,27)28/h2-5,8-9,11,15-16H,6-7,10H2,1H3,(H,31,34)/t15-,16-,19-/m0/s1. The molecule has 196 valence electrons. The molecule has 0 radical (unpaired) electrons. The summed E-state index contributed by atoms with van der Waals surface area (Å²) < 4.78 is 89.1. The van der Waals surface area contributed by atoms with Crippen molar-refractivity contribution in [3.63, 3.8) is 0 Å². The van der Waals surface area contributed by atoms with Crippen LogP contribution in [0.2, 0.25) is 0 Å². The summed E-state index contributed by atoms with van der Waals surface area (Å²) in [4.78, 5) is 34.5. The van der Waals surface area contributed by atoms with E-state index in [1.54, 1.807) is 0 Å². The van der Waals surface area contributed by atoms with Gasteiger partial charge in [0.25, 0.3) is 23.4 Å². The molecule has 3 rings (SSSR count). The Bertz CT molecular complexity index is 1070. The van der Waals surface area contributed by atoms with E-state index in [9.17, 15) is 35.9 Å². The van der Waals surface area contributed by atoms with Crippen molar-refractivity contribution in [1.82, 2.24) is 15.3 Å². The van der Waals surface area contributed by atoms with Crippen LogP contribution in [-0.4, -0.2) is 59.0 Å². The van der Waals surface area contributed by atoms with Crippen molar-refractivity contribution in [2.45, 2.75) is 42.8 Å². The molecule has 0 spiro atoms. The molecule has 3 atom stereocenters. The highest BCUT2D eigenvalue weighted by atomic mass is 35.5. The van der Waals surface area contributed by atoms with Crippen LogP contribution in [-0.2, 0) is 19.9 Å². The van der Waals surface area contributed by atoms with Gasteiger partial charge in [0.15, 0.2) is 5.54 Å². The fourth-order valence-electron chi connectivity index (χ4n) is 3.61. The SMILES string of the molecule is C[C@@](C(=O)N[C@H]1CCOCC1(F)F)(c1cncnc1)N(C(=O)[C@H](F)Cl)c1ccc(OC(F)(F)F)cc1. The van der Waals surface area contributed by atoms with Crippen molar-refractivity contribution >= 4 is 29.1 Å². The maximum atomic E-state index is 14.4. The van der Waals surface area contributed by atoms with Crippen molar-refractivity contribution in [2.24, 2.45) is 0 Å². The molecule has 15 heteroatoms. The van der Waals surface area contributed by atoms with Crippen molar-refractivity contribution in [2.75, 3.05) is 18.1 Å². The molecule has 0 saturated carbocycles. The number of hydrogen-bond donors (Lipinski definition) is 1. The van der Waals surface area contributed by atoms with E-state index in [1.165, 1.54) is 0 Å². The summed E-state index contributed by atoms with van der Waals surface area (Å²) in [5.41, 5.74) is -5.41. The number of nitrogens with zero attached hydrogens (tertiary/aromatic N) is 3. The van der Waals surface area contributed by atoms with Crippen LogP contribution < -0.4 is 15.0 Å². The molecule has 2 amide bonds. The van der Waals surface area contributed by atoms with E-state index in [2.05, 4.69) is 20.0 Å². The number of carbonyl (C=O) groups is 2. The Morgan fingerprint density at radius 1 is 1.22 bits per heavy atom. The van der Waals surface area contributed by atoms with Crippen molar-refractivity contribution < 1.29 is 45.4 Å². The lowest BCUT2D eigenvalue weighted by atomic mass is 9.89. The summed E-state index contributed by atoms with van der Waals surface area (Å²) in [6.45, 7) is 0.0691. The summed E-state index contributed by atoms with van der Waals surface area (Å²) in [7, 11) is 0. The van der Waals surface area contributed by atoms with Crippen molar-refractivity contribution in [3.8, 4) is 5.75 Å². The van der Waals surface area contributed by atoms with Gasteiger partial charge in [-0.25, -0.2) is 23.1 Å². The first-order valence-corrected chi connectivity index (χ1v) is 10.7. The van der Waals surface area contributed by atoms with E-state index in [0.717, 1.165) is 49.9 Å². The van der Waals surface area contributed by atoms with Gasteiger partial charge in [0.1, 0.15) is 18.7 Å². The normalized spacial score (nSPS) is 20.1. The molecule has 1 aromatic carbocycles. The summed E-state index contributed by atoms with van der Waals surface area (Å²) in [6, 6.07) is 1.82. The predicted octanol–water partition coefficient (Wildman–Crippen LogP) is 3.70. The lowest BCUT2D eigenvalue weighted by Gasteiger charge is -2.42. The van der Waals surface area contributed by atoms with Crippen LogP contribution >= 0.6 is 11.6 Å². The van der Waals surface area contributed by atoms with Crippen LogP contribution in [0.5, 0.6) is 5.75 Å². The smallest absolute Gasteiger partial charge is 0.406 e. The molecular weight excluding hydrogens is 522 g/mol. The van der Waals surface area contributed by atoms with Crippen molar-refractivity contribution in [1.29, 1.82) is 0 Å². The molecule has 2 aromatic rings. The Balaban J connectivity index is 2.10. The van der Waals surface area contributed by atoms with Gasteiger partial charge in [-0.05, 0) is 37.6 Å². The number of rotatable bonds is 7. The van der Waals surface area contributed by atoms with E-state index >= 15 is 0 Å². The van der Waals surface area contributed by atoms with E-state index in [-0.39, 0.29) is 24.3 Å². The zero-order valence-corrected chi connectivity index (χ0v) is 19.2. The molecule has 8 nitrogen and oxygen atoms in total. The Kier molecular flexibility index (Phi) is 7.98. The van der Waals surface area contributed by atoms with Gasteiger partial charge >= 0.3 is 6.36 Å². The molecule has 1 aliphatic heterocycles. The minimum absolute atomic E-state index is 0.0801. The molecule has 1 aromatic heterocycles. The number of amides is 2. The lowest BCUT2D eigenvalue weighted by Crippen LogP contribution is -2.63. The zero-order chi connectivity index (χ0) is 26.7. The first-order chi connectivity index (χ1) is 16.8. The topological polar surface area (TPSA) is 93.6 Å². The molecule has 2 heterocycles. The van der Waals surface area contributed by atoms with Crippen LogP contribution in [0.1, 0.15) is 18.9 Å². The van der Waals surface area contributed by atoms with Crippen LogP contribution in [0, 0.1) is 0 Å². The maximum absolute atomic E-state index is 14.4. The zero-order valence-electron chi connectivity index (χ0n) is 18.4. The van der Waals surface area contributed by atoms with Gasteiger partial charge in [0, 0.05) is 30.3 Å². The third kappa shape index (κ3) is 5.98. The number of anilines is 1. The Morgan fingerprint density at radius 3 is 2.36 bits per heavy atom. The number of nitrogens with one attached hydrogen (secondary N) is 1. The Hall–Kier alpha value is -3.13. The van der Waals surface area contributed by atoms with Gasteiger partial charge in [0.05, 0.1) is 6.04 Å². The number of halogens is 7. The summed E-state index contributed by atoms with van der Waals surface area (Å²) >= 11 is 5.40. The van der Waals surface area contributed by atoms with Crippen molar-refractivity contribution in [3.05, 3.63) is 48.5 Å². The number of aromatic nitrogens is 2. The third-order valence-corrected chi connectivity index (χ3v) is 5.59. The maximum Gasteiger partial charge on any atom is 0.573 e. The summed E-state index contributed by atoms with van der Waals surface area (Å²) in [5, 5.41) is 2.18. The van der Waals surface area contributed by atoms with E-state index < -0.39 is 53.7 Å². The Labute approximate surface area is 205 Å². The second-order valence-corrected chi connectivity index (χ2v) is 8.23. The third-order valence-electron chi connectivity index (χ3n) is 5.41. The average molecular weight is 541 g/mol. The molecule has 1 aliphatic rings. The fraction of sp³-hybridized carbons (Fsp3) is 0.429. The van der Waals surface area contributed by atoms with Crippen LogP contribution in [0.4, 0.5) is 32.0 Å². The van der Waals surface area contributed by atoms with Crippen LogP contribution in [0.3, 0.4) is 0 Å². The minimum atomic E-state index is -5.01. The quantitative estimate of drug-likeness (QED) is 0.425. The molecule has 0 aliphatic carbocycles. The van der Waals surface area contributed by atoms with E-state index in [4.69, 9.17) is 16.3 Å². The molecule has 0 bridgehead atoms. The lowest BCUT2D eigenvalue weighted by molar-refractivity contribution is -0.274. The second kappa shape index (κ2) is 10.5. The summed E-state index contributed by atoms with van der Waals surface area (Å²) in [6.07, 6.45) is -2.00. The first-order valence-electron chi connectivity index (χ1n) is 10.3. The van der Waals surface area contributed by atoms with E-state index in [0.29, 0.717) is 4.90 Å². The number of ether oxygens (including phenoxy) is 2. The van der Waals surface area contributed by atoms with Crippen LogP contribution in [0.15, 0.2) is 43.0 Å². The van der Waals surface area contributed by atoms with Gasteiger partial charge in [-0.15, -0.1) is 13.2 Å². The van der Waals surface area contributed by atoms with Gasteiger partial charge in [-0.2, -0.15) is 0 Å². The highest BCUT2D eigenvalue weighted by molar-refractivity contribution is 6.32. The molecule has 0 unspecified atom stereocenters. The van der Waals surface area contributed by atoms with Crippen LogP contribution in [0.25, 0.3) is 0 Å². The molecule has 1 N–H and O–H groups in total. The highest BCUT2D eigenvalue weighted by Crippen LogP contribution is 2.37. The number of benzene rings is 1. The number of hydrogen-bond acceptors (Lipinski definition) is 6. The Morgan fingerprint density at radius 2 is 1.83 bits per heavy atom. The average Bonchev–Trinajstić information content (AvgIpc) is 2.80. The highest BCUT2D eigenvalue weighted by Gasteiger charge is 2.51. The molecule has 1 fully saturated rings. The number of alkyl halides is 7. The van der Waals surface area contributed by atoms with Gasteiger partial charge in [0.2, 0.25) is 0 Å². The molecule has 36 heavy (non-hydrogen) atoms. The minimum Gasteiger partial charge on any atom is -0.406 e. The fourth-order valence-corrected chi connectivity index (χ4v) is 3.71. The molecule has 1 saturated heterocycles. The van der Waals surface area contributed by atoms with Gasteiger partial charge in [-0.3, -0.25) is 14.5 Å². The first kappa shape index (κ1) is 27.5. The largest absolute Gasteiger partial charge is 0.573 e. The number of carbonyl (C=O) groups excluding carboxylic acids is 2. The molecular formula is C21H19ClF6N4O4. The monoisotopic (exact) mass is 540 g/mol. The predicted molar refractivity (Wildman–Crippen MR) is 113 cm³/mol. The summed E-state index contributed by atoms with van der Waals surface area (Å²) in [5.74, 6) is -6.80. The second-order valence-electron chi connectivity index (χ2n) is 7.84. The van der Waals surface area contributed by atoms with E-state index in [1.807, 2.05) is 0 Å². The van der Waals surface area contributed by atoms with Gasteiger partial charge < -0.3 is 14.8 Å².